The highest BCUT2D eigenvalue weighted by molar-refractivity contribution is 5.74. The number of carbonyl (C=O) groups excluding carboxylic acids is 1. The fourth-order valence-electron chi connectivity index (χ4n) is 2.58. The van der Waals surface area contributed by atoms with Crippen LogP contribution in [0, 0.1) is 10.1 Å². The molecule has 9 heteroatoms. The van der Waals surface area contributed by atoms with Crippen LogP contribution in [0.15, 0.2) is 59.1 Å². The van der Waals surface area contributed by atoms with Gasteiger partial charge >= 0.3 is 6.03 Å². The highest BCUT2D eigenvalue weighted by Gasteiger charge is 2.23. The first kappa shape index (κ1) is 19.0. The Bertz CT molecular complexity index is 971. The van der Waals surface area contributed by atoms with Crippen LogP contribution in [0.25, 0.3) is 11.4 Å². The van der Waals surface area contributed by atoms with Gasteiger partial charge in [0.15, 0.2) is 0 Å². The predicted molar refractivity (Wildman–Crippen MR) is 101 cm³/mol. The second-order valence-corrected chi connectivity index (χ2v) is 6.35. The molecule has 0 saturated heterocycles. The predicted octanol–water partition coefficient (Wildman–Crippen LogP) is 3.20. The second kappa shape index (κ2) is 8.30. The molecule has 0 fully saturated rings. The quantitative estimate of drug-likeness (QED) is 0.518. The molecule has 0 bridgehead atoms. The lowest BCUT2D eigenvalue weighted by atomic mass is 10.1. The Labute approximate surface area is 161 Å². The summed E-state index contributed by atoms with van der Waals surface area (Å²) in [7, 11) is 3.27. The molecule has 0 aliphatic heterocycles. The zero-order valence-electron chi connectivity index (χ0n) is 15.4. The van der Waals surface area contributed by atoms with Crippen LogP contribution >= 0.6 is 0 Å². The van der Waals surface area contributed by atoms with E-state index in [1.54, 1.807) is 26.2 Å². The molecule has 0 aliphatic carbocycles. The lowest BCUT2D eigenvalue weighted by Gasteiger charge is -2.18. The number of hydrogen-bond donors (Lipinski definition) is 1. The molecule has 1 atom stereocenters. The summed E-state index contributed by atoms with van der Waals surface area (Å²) in [6.07, 6.45) is 0.455. The summed E-state index contributed by atoms with van der Waals surface area (Å²) in [5.41, 5.74) is 1.38. The highest BCUT2D eigenvalue weighted by atomic mass is 16.6. The zero-order chi connectivity index (χ0) is 20.1. The van der Waals surface area contributed by atoms with Gasteiger partial charge in [-0.1, -0.05) is 47.6 Å². The van der Waals surface area contributed by atoms with Crippen LogP contribution in [0.3, 0.4) is 0 Å². The van der Waals surface area contributed by atoms with Crippen LogP contribution in [0.5, 0.6) is 0 Å². The maximum absolute atomic E-state index is 12.2. The van der Waals surface area contributed by atoms with Crippen molar-refractivity contribution in [3.05, 3.63) is 76.2 Å². The lowest BCUT2D eigenvalue weighted by Crippen LogP contribution is -2.38. The molecule has 1 aromatic heterocycles. The Kier molecular flexibility index (Phi) is 5.64. The van der Waals surface area contributed by atoms with E-state index in [0.717, 1.165) is 5.56 Å². The molecule has 0 radical (unpaired) electrons. The Morgan fingerprint density at radius 1 is 1.21 bits per heavy atom. The minimum Gasteiger partial charge on any atom is -0.337 e. The number of nitrogens with one attached hydrogen (secondary N) is 1. The fourth-order valence-corrected chi connectivity index (χ4v) is 2.58. The van der Waals surface area contributed by atoms with E-state index in [4.69, 9.17) is 4.52 Å². The smallest absolute Gasteiger partial charge is 0.317 e. The van der Waals surface area contributed by atoms with Crippen molar-refractivity contribution < 1.29 is 14.2 Å². The van der Waals surface area contributed by atoms with Crippen LogP contribution in [0.2, 0.25) is 0 Å². The van der Waals surface area contributed by atoms with E-state index >= 15 is 0 Å². The summed E-state index contributed by atoms with van der Waals surface area (Å²) in [5.74, 6) is 0.441. The summed E-state index contributed by atoms with van der Waals surface area (Å²) in [4.78, 5) is 28.4. The minimum atomic E-state index is -0.544. The molecule has 1 unspecified atom stereocenters. The van der Waals surface area contributed by atoms with Gasteiger partial charge in [0.05, 0.1) is 4.92 Å². The average Bonchev–Trinajstić information content (AvgIpc) is 3.18. The summed E-state index contributed by atoms with van der Waals surface area (Å²) in [5, 5.41) is 17.8. The molecule has 2 amide bonds. The first-order valence-corrected chi connectivity index (χ1v) is 8.54. The number of nitro groups is 1. The first-order chi connectivity index (χ1) is 13.4. The van der Waals surface area contributed by atoms with E-state index in [9.17, 15) is 14.9 Å². The van der Waals surface area contributed by atoms with Crippen molar-refractivity contribution in [3.8, 4) is 11.4 Å². The number of aromatic nitrogens is 2. The molecule has 28 heavy (non-hydrogen) atoms. The van der Waals surface area contributed by atoms with Crippen LogP contribution in [-0.4, -0.2) is 40.1 Å². The van der Waals surface area contributed by atoms with Gasteiger partial charge in [-0.2, -0.15) is 4.98 Å². The third-order valence-corrected chi connectivity index (χ3v) is 4.04. The zero-order valence-corrected chi connectivity index (χ0v) is 15.4. The molecule has 0 aliphatic rings. The summed E-state index contributed by atoms with van der Waals surface area (Å²) < 4.78 is 5.37. The van der Waals surface area contributed by atoms with E-state index < -0.39 is 11.0 Å². The first-order valence-electron chi connectivity index (χ1n) is 8.54. The normalized spacial score (nSPS) is 11.6. The molecule has 1 heterocycles. The number of urea groups is 1. The molecule has 0 spiro atoms. The monoisotopic (exact) mass is 381 g/mol. The summed E-state index contributed by atoms with van der Waals surface area (Å²) in [6.45, 7) is 0. The van der Waals surface area contributed by atoms with Gasteiger partial charge in [-0.25, -0.2) is 4.79 Å². The maximum Gasteiger partial charge on any atom is 0.317 e. The Morgan fingerprint density at radius 2 is 1.96 bits per heavy atom. The number of carbonyl (C=O) groups is 1. The largest absolute Gasteiger partial charge is 0.337 e. The average molecular weight is 381 g/mol. The van der Waals surface area contributed by atoms with Crippen LogP contribution < -0.4 is 5.32 Å². The lowest BCUT2D eigenvalue weighted by molar-refractivity contribution is -0.384. The second-order valence-electron chi connectivity index (χ2n) is 6.35. The Balaban J connectivity index is 1.89. The third kappa shape index (κ3) is 4.50. The fraction of sp³-hybridized carbons (Fsp3) is 0.211. The minimum absolute atomic E-state index is 0.0643. The van der Waals surface area contributed by atoms with Gasteiger partial charge in [-0.15, -0.1) is 0 Å². The van der Waals surface area contributed by atoms with Gasteiger partial charge in [0.1, 0.15) is 6.04 Å². The number of rotatable bonds is 6. The molecule has 144 valence electrons. The van der Waals surface area contributed by atoms with Crippen molar-refractivity contribution in [2.75, 3.05) is 14.1 Å². The van der Waals surface area contributed by atoms with E-state index in [0.29, 0.717) is 12.0 Å². The van der Waals surface area contributed by atoms with Gasteiger partial charge < -0.3 is 14.7 Å². The number of nitrogens with zero attached hydrogens (tertiary/aromatic N) is 4. The standard InChI is InChI=1S/C19H19N5O4/c1-23(2)19(25)20-16(11-13-7-4-3-5-8-13)18-21-17(22-28-18)14-9-6-10-15(12-14)24(26)27/h3-10,12,16H,11H2,1-2H3,(H,20,25). The number of nitro benzene ring substituents is 1. The Morgan fingerprint density at radius 3 is 2.64 bits per heavy atom. The van der Waals surface area contributed by atoms with Crippen LogP contribution in [0.1, 0.15) is 17.5 Å². The van der Waals surface area contributed by atoms with Gasteiger partial charge in [0.2, 0.25) is 11.7 Å². The molecule has 3 rings (SSSR count). The highest BCUT2D eigenvalue weighted by Crippen LogP contribution is 2.24. The molecule has 0 saturated carbocycles. The van der Waals surface area contributed by atoms with Crippen molar-refractivity contribution in [1.29, 1.82) is 0 Å². The molecule has 1 N–H and O–H groups in total. The third-order valence-electron chi connectivity index (χ3n) is 4.04. The van der Waals surface area contributed by atoms with Gasteiger partial charge in [-0.3, -0.25) is 10.1 Å². The van der Waals surface area contributed by atoms with Crippen molar-refractivity contribution in [2.45, 2.75) is 12.5 Å². The number of non-ortho nitro benzene ring substituents is 1. The SMILES string of the molecule is CN(C)C(=O)NC(Cc1ccccc1)c1nc(-c2cccc([N+](=O)[O-])c2)no1. The van der Waals surface area contributed by atoms with E-state index in [-0.39, 0.29) is 23.4 Å². The van der Waals surface area contributed by atoms with Crippen molar-refractivity contribution in [2.24, 2.45) is 0 Å². The molecule has 2 aromatic carbocycles. The molecule has 3 aromatic rings. The summed E-state index contributed by atoms with van der Waals surface area (Å²) in [6, 6.07) is 14.7. The van der Waals surface area contributed by atoms with Gasteiger partial charge in [0, 0.05) is 38.2 Å². The van der Waals surface area contributed by atoms with Crippen molar-refractivity contribution >= 4 is 11.7 Å². The van der Waals surface area contributed by atoms with Crippen LogP contribution in [-0.2, 0) is 6.42 Å². The summed E-state index contributed by atoms with van der Waals surface area (Å²) >= 11 is 0. The number of benzene rings is 2. The topological polar surface area (TPSA) is 114 Å². The molecular weight excluding hydrogens is 362 g/mol. The van der Waals surface area contributed by atoms with E-state index in [1.807, 2.05) is 30.3 Å². The van der Waals surface area contributed by atoms with E-state index in [1.165, 1.54) is 17.0 Å². The maximum atomic E-state index is 12.2. The number of hydrogen-bond acceptors (Lipinski definition) is 6. The van der Waals surface area contributed by atoms with Crippen molar-refractivity contribution in [3.63, 3.8) is 0 Å². The molecule has 9 nitrogen and oxygen atoms in total. The van der Waals surface area contributed by atoms with Gasteiger partial charge in [0.25, 0.3) is 5.69 Å². The number of amides is 2. The van der Waals surface area contributed by atoms with Crippen LogP contribution in [0.4, 0.5) is 10.5 Å². The van der Waals surface area contributed by atoms with Gasteiger partial charge in [-0.05, 0) is 5.56 Å². The van der Waals surface area contributed by atoms with Crippen molar-refractivity contribution in [1.82, 2.24) is 20.4 Å². The Hall–Kier alpha value is -3.75. The molecular formula is C19H19N5O4. The van der Waals surface area contributed by atoms with E-state index in [2.05, 4.69) is 15.5 Å².